The van der Waals surface area contributed by atoms with Crippen LogP contribution in [-0.2, 0) is 21.4 Å². The lowest BCUT2D eigenvalue weighted by molar-refractivity contribution is -0.119. The number of sulfonamides is 1. The molecule has 1 aromatic heterocycles. The maximum absolute atomic E-state index is 12.5. The average molecular weight is 324 g/mol. The van der Waals surface area contributed by atoms with E-state index in [-0.39, 0.29) is 10.1 Å². The number of carbonyl (C=O) groups is 1. The topological polar surface area (TPSA) is 66.5 Å². The molecule has 0 aliphatic carbocycles. The highest BCUT2D eigenvalue weighted by atomic mass is 32.2. The minimum Gasteiger partial charge on any atom is -0.351 e. The van der Waals surface area contributed by atoms with Crippen LogP contribution in [0.5, 0.6) is 0 Å². The molecule has 7 heteroatoms. The van der Waals surface area contributed by atoms with E-state index in [0.29, 0.717) is 12.2 Å². The van der Waals surface area contributed by atoms with Gasteiger partial charge in [-0.3, -0.25) is 9.10 Å². The predicted octanol–water partition coefficient (Wildman–Crippen LogP) is 2.21. The molecule has 0 spiro atoms. The van der Waals surface area contributed by atoms with Crippen LogP contribution in [0.15, 0.2) is 46.7 Å². The summed E-state index contributed by atoms with van der Waals surface area (Å²) in [6.07, 6.45) is 0. The molecule has 0 saturated carbocycles. The van der Waals surface area contributed by atoms with Crippen LogP contribution >= 0.6 is 11.3 Å². The highest BCUT2D eigenvalue weighted by molar-refractivity contribution is 7.94. The van der Waals surface area contributed by atoms with Crippen LogP contribution in [0.1, 0.15) is 11.8 Å². The van der Waals surface area contributed by atoms with Crippen LogP contribution in [0, 0.1) is 0 Å². The van der Waals surface area contributed by atoms with Crippen molar-refractivity contribution in [3.63, 3.8) is 0 Å². The number of nitrogens with zero attached hydrogens (tertiary/aromatic N) is 1. The van der Waals surface area contributed by atoms with Gasteiger partial charge in [-0.05, 0) is 24.3 Å². The molecule has 0 atom stereocenters. The fraction of sp³-hybridized carbons (Fsp3) is 0.214. The highest BCUT2D eigenvalue weighted by Gasteiger charge is 2.23. The van der Waals surface area contributed by atoms with Crippen LogP contribution in [0.2, 0.25) is 0 Å². The fourth-order valence-electron chi connectivity index (χ4n) is 1.72. The molecular formula is C14H16N2O3S2. The third-order valence-electron chi connectivity index (χ3n) is 2.88. The Balaban J connectivity index is 2.22. The van der Waals surface area contributed by atoms with E-state index in [1.54, 1.807) is 36.4 Å². The third kappa shape index (κ3) is 3.62. The number of hydrogen-bond acceptors (Lipinski definition) is 4. The number of rotatable bonds is 5. The van der Waals surface area contributed by atoms with Crippen molar-refractivity contribution in [1.29, 1.82) is 0 Å². The van der Waals surface area contributed by atoms with Gasteiger partial charge in [-0.1, -0.05) is 18.2 Å². The lowest BCUT2D eigenvalue weighted by atomic mass is 10.3. The standard InChI is InChI=1S/C14H16N2O3S2/c1-11(17)15-10-13-8-9-14(20-13)21(18,19)16(2)12-6-4-3-5-7-12/h3-9H,10H2,1-2H3,(H,15,17). The number of carbonyl (C=O) groups excluding carboxylic acids is 1. The zero-order chi connectivity index (χ0) is 15.5. The average Bonchev–Trinajstić information content (AvgIpc) is 2.95. The lowest BCUT2D eigenvalue weighted by Gasteiger charge is -2.18. The third-order valence-corrected chi connectivity index (χ3v) is 6.22. The summed E-state index contributed by atoms with van der Waals surface area (Å²) < 4.78 is 26.6. The zero-order valence-electron chi connectivity index (χ0n) is 11.7. The Labute approximate surface area is 128 Å². The molecule has 0 aliphatic heterocycles. The number of anilines is 1. The maximum atomic E-state index is 12.5. The van der Waals surface area contributed by atoms with Crippen molar-refractivity contribution in [3.05, 3.63) is 47.3 Å². The molecule has 0 bridgehead atoms. The number of nitrogens with one attached hydrogen (secondary N) is 1. The summed E-state index contributed by atoms with van der Waals surface area (Å²) >= 11 is 1.16. The van der Waals surface area contributed by atoms with Crippen LogP contribution in [0.4, 0.5) is 5.69 Å². The molecule has 1 aromatic carbocycles. The quantitative estimate of drug-likeness (QED) is 0.917. The molecule has 0 unspecified atom stereocenters. The van der Waals surface area contributed by atoms with Gasteiger partial charge in [0.2, 0.25) is 5.91 Å². The van der Waals surface area contributed by atoms with Gasteiger partial charge < -0.3 is 5.32 Å². The van der Waals surface area contributed by atoms with Crippen molar-refractivity contribution in [2.75, 3.05) is 11.4 Å². The van der Waals surface area contributed by atoms with E-state index in [9.17, 15) is 13.2 Å². The number of benzene rings is 1. The Morgan fingerprint density at radius 1 is 1.19 bits per heavy atom. The van der Waals surface area contributed by atoms with Crippen molar-refractivity contribution in [3.8, 4) is 0 Å². The zero-order valence-corrected chi connectivity index (χ0v) is 13.4. The van der Waals surface area contributed by atoms with Gasteiger partial charge in [0.15, 0.2) is 0 Å². The Bertz CT molecular complexity index is 724. The highest BCUT2D eigenvalue weighted by Crippen LogP contribution is 2.27. The molecule has 1 amide bonds. The summed E-state index contributed by atoms with van der Waals surface area (Å²) in [5.74, 6) is -0.144. The normalized spacial score (nSPS) is 11.1. The van der Waals surface area contributed by atoms with Gasteiger partial charge >= 0.3 is 0 Å². The van der Waals surface area contributed by atoms with Crippen molar-refractivity contribution >= 4 is 33.0 Å². The van der Waals surface area contributed by atoms with Gasteiger partial charge in [-0.25, -0.2) is 8.42 Å². The smallest absolute Gasteiger partial charge is 0.273 e. The molecule has 0 saturated heterocycles. The van der Waals surface area contributed by atoms with E-state index in [2.05, 4.69) is 5.32 Å². The first-order valence-electron chi connectivity index (χ1n) is 6.28. The summed E-state index contributed by atoms with van der Waals surface area (Å²) in [5.41, 5.74) is 0.606. The summed E-state index contributed by atoms with van der Waals surface area (Å²) in [5, 5.41) is 2.65. The SMILES string of the molecule is CC(=O)NCc1ccc(S(=O)(=O)N(C)c2ccccc2)s1. The molecule has 21 heavy (non-hydrogen) atoms. The number of thiophene rings is 1. The van der Waals surface area contributed by atoms with Crippen LogP contribution in [-0.4, -0.2) is 21.4 Å². The largest absolute Gasteiger partial charge is 0.351 e. The molecule has 0 radical (unpaired) electrons. The van der Waals surface area contributed by atoms with Gasteiger partial charge in [0.25, 0.3) is 10.0 Å². The minimum absolute atomic E-state index is 0.144. The van der Waals surface area contributed by atoms with Crippen molar-refractivity contribution in [2.24, 2.45) is 0 Å². The van der Waals surface area contributed by atoms with Gasteiger partial charge in [0.05, 0.1) is 12.2 Å². The molecule has 1 heterocycles. The fourth-order valence-corrected chi connectivity index (χ4v) is 4.38. The second kappa shape index (κ2) is 6.28. The van der Waals surface area contributed by atoms with E-state index in [1.807, 2.05) is 6.07 Å². The van der Waals surface area contributed by atoms with Gasteiger partial charge in [-0.2, -0.15) is 0 Å². The predicted molar refractivity (Wildman–Crippen MR) is 83.9 cm³/mol. The lowest BCUT2D eigenvalue weighted by Crippen LogP contribution is -2.25. The van der Waals surface area contributed by atoms with Crippen molar-refractivity contribution in [2.45, 2.75) is 17.7 Å². The van der Waals surface area contributed by atoms with Crippen LogP contribution in [0.3, 0.4) is 0 Å². The summed E-state index contributed by atoms with van der Waals surface area (Å²) in [7, 11) is -2.04. The van der Waals surface area contributed by atoms with Gasteiger partial charge in [0, 0.05) is 18.8 Å². The number of para-hydroxylation sites is 1. The van der Waals surface area contributed by atoms with E-state index in [1.165, 1.54) is 18.3 Å². The monoisotopic (exact) mass is 324 g/mol. The van der Waals surface area contributed by atoms with Crippen LogP contribution < -0.4 is 9.62 Å². The second-order valence-electron chi connectivity index (χ2n) is 4.44. The second-order valence-corrected chi connectivity index (χ2v) is 7.80. The van der Waals surface area contributed by atoms with E-state index in [0.717, 1.165) is 16.2 Å². The molecule has 0 fully saturated rings. The van der Waals surface area contributed by atoms with Gasteiger partial charge in [0.1, 0.15) is 4.21 Å². The first kappa shape index (κ1) is 15.5. The summed E-state index contributed by atoms with van der Waals surface area (Å²) in [6, 6.07) is 12.2. The molecule has 112 valence electrons. The number of amides is 1. The summed E-state index contributed by atoms with van der Waals surface area (Å²) in [6.45, 7) is 1.76. The molecule has 0 aliphatic rings. The molecule has 2 rings (SSSR count). The molecule has 1 N–H and O–H groups in total. The molecular weight excluding hydrogens is 308 g/mol. The Morgan fingerprint density at radius 3 is 2.48 bits per heavy atom. The Hall–Kier alpha value is -1.86. The molecule has 2 aromatic rings. The number of hydrogen-bond donors (Lipinski definition) is 1. The Kier molecular flexibility index (Phi) is 4.64. The Morgan fingerprint density at radius 2 is 1.86 bits per heavy atom. The van der Waals surface area contributed by atoms with E-state index in [4.69, 9.17) is 0 Å². The van der Waals surface area contributed by atoms with Crippen LogP contribution in [0.25, 0.3) is 0 Å². The van der Waals surface area contributed by atoms with E-state index < -0.39 is 10.0 Å². The van der Waals surface area contributed by atoms with E-state index >= 15 is 0 Å². The first-order chi connectivity index (χ1) is 9.91. The first-order valence-corrected chi connectivity index (χ1v) is 8.54. The maximum Gasteiger partial charge on any atom is 0.273 e. The summed E-state index contributed by atoms with van der Waals surface area (Å²) in [4.78, 5) is 11.7. The minimum atomic E-state index is -3.57. The van der Waals surface area contributed by atoms with Crippen molar-refractivity contribution < 1.29 is 13.2 Å². The molecule has 5 nitrogen and oxygen atoms in total. The van der Waals surface area contributed by atoms with Crippen molar-refractivity contribution in [1.82, 2.24) is 5.32 Å². The van der Waals surface area contributed by atoms with Gasteiger partial charge in [-0.15, -0.1) is 11.3 Å².